The zero-order valence-corrected chi connectivity index (χ0v) is 11.4. The fraction of sp³-hybridized carbons (Fsp3) is 0.500. The van der Waals surface area contributed by atoms with E-state index in [-0.39, 0.29) is 18.6 Å². The summed E-state index contributed by atoms with van der Waals surface area (Å²) >= 11 is 0. The minimum atomic E-state index is -0.335. The van der Waals surface area contributed by atoms with Gasteiger partial charge >= 0.3 is 0 Å². The third-order valence-electron chi connectivity index (χ3n) is 3.37. The molecule has 5 nitrogen and oxygen atoms in total. The van der Waals surface area contributed by atoms with E-state index in [1.54, 1.807) is 0 Å². The molecule has 5 heteroatoms. The van der Waals surface area contributed by atoms with Gasteiger partial charge in [-0.3, -0.25) is 4.79 Å². The van der Waals surface area contributed by atoms with E-state index >= 15 is 0 Å². The van der Waals surface area contributed by atoms with Crippen LogP contribution in [0.1, 0.15) is 19.4 Å². The molecule has 0 bridgehead atoms. The molecule has 1 aliphatic heterocycles. The Bertz CT molecular complexity index is 474. The van der Waals surface area contributed by atoms with Crippen LogP contribution in [0.5, 0.6) is 5.75 Å². The van der Waals surface area contributed by atoms with Gasteiger partial charge in [-0.05, 0) is 23.6 Å². The van der Waals surface area contributed by atoms with Crippen molar-refractivity contribution < 1.29 is 9.53 Å². The molecule has 1 aliphatic rings. The summed E-state index contributed by atoms with van der Waals surface area (Å²) in [5, 5.41) is 0. The highest BCUT2D eigenvalue weighted by Gasteiger charge is 2.28. The van der Waals surface area contributed by atoms with Crippen LogP contribution in [0.2, 0.25) is 0 Å². The summed E-state index contributed by atoms with van der Waals surface area (Å²) in [4.78, 5) is 13.2. The number of amides is 1. The predicted octanol–water partition coefficient (Wildman–Crippen LogP) is 0.854. The van der Waals surface area contributed by atoms with Gasteiger partial charge in [0.2, 0.25) is 5.91 Å². The smallest absolute Gasteiger partial charge is 0.236 e. The van der Waals surface area contributed by atoms with Crippen LogP contribution >= 0.6 is 0 Å². The van der Waals surface area contributed by atoms with Crippen LogP contribution in [0.4, 0.5) is 5.69 Å². The molecule has 0 radical (unpaired) electrons. The van der Waals surface area contributed by atoms with Crippen molar-refractivity contribution in [1.82, 2.24) is 0 Å². The van der Waals surface area contributed by atoms with Gasteiger partial charge < -0.3 is 21.1 Å². The average molecular weight is 263 g/mol. The highest BCUT2D eigenvalue weighted by molar-refractivity contribution is 5.80. The molecule has 4 N–H and O–H groups in total. The highest BCUT2D eigenvalue weighted by atomic mass is 16.5. The van der Waals surface area contributed by atoms with Crippen molar-refractivity contribution in [2.24, 2.45) is 17.4 Å². The van der Waals surface area contributed by atoms with Crippen LogP contribution < -0.4 is 21.1 Å². The molecule has 1 heterocycles. The number of hydrogen-bond acceptors (Lipinski definition) is 4. The van der Waals surface area contributed by atoms with Gasteiger partial charge in [0.25, 0.3) is 0 Å². The minimum Gasteiger partial charge on any atom is -0.486 e. The summed E-state index contributed by atoms with van der Waals surface area (Å²) in [6, 6.07) is 5.83. The third kappa shape index (κ3) is 2.98. The highest BCUT2D eigenvalue weighted by Crippen LogP contribution is 2.35. The lowest BCUT2D eigenvalue weighted by Gasteiger charge is -2.37. The topological polar surface area (TPSA) is 81.6 Å². The van der Waals surface area contributed by atoms with Crippen molar-refractivity contribution in [3.63, 3.8) is 0 Å². The molecule has 1 aromatic rings. The van der Waals surface area contributed by atoms with E-state index in [1.165, 1.54) is 0 Å². The monoisotopic (exact) mass is 263 g/mol. The van der Waals surface area contributed by atoms with Gasteiger partial charge in [-0.15, -0.1) is 0 Å². The summed E-state index contributed by atoms with van der Waals surface area (Å²) in [6.45, 7) is 5.56. The standard InChI is InChI=1S/C14H21N3O2/c1-9(2)13-7-17(8-14(16)18)11-4-3-10(6-15)5-12(11)19-13/h3-5,9,13H,6-8,15H2,1-2H3,(H2,16,18). The molecule has 0 spiro atoms. The van der Waals surface area contributed by atoms with Gasteiger partial charge in [-0.1, -0.05) is 19.9 Å². The second-order valence-electron chi connectivity index (χ2n) is 5.25. The number of nitrogens with zero attached hydrogens (tertiary/aromatic N) is 1. The normalized spacial score (nSPS) is 18.1. The van der Waals surface area contributed by atoms with Gasteiger partial charge in [-0.25, -0.2) is 0 Å². The molecule has 2 rings (SSSR count). The van der Waals surface area contributed by atoms with Gasteiger partial charge in [0.1, 0.15) is 11.9 Å². The largest absolute Gasteiger partial charge is 0.486 e. The van der Waals surface area contributed by atoms with Gasteiger partial charge in [0.05, 0.1) is 18.8 Å². The molecular formula is C14H21N3O2. The first kappa shape index (κ1) is 13.7. The van der Waals surface area contributed by atoms with Crippen molar-refractivity contribution >= 4 is 11.6 Å². The van der Waals surface area contributed by atoms with E-state index < -0.39 is 0 Å². The van der Waals surface area contributed by atoms with Crippen molar-refractivity contribution in [3.05, 3.63) is 23.8 Å². The molecule has 19 heavy (non-hydrogen) atoms. The second kappa shape index (κ2) is 5.48. The number of anilines is 1. The van der Waals surface area contributed by atoms with Crippen molar-refractivity contribution in [2.45, 2.75) is 26.5 Å². The number of carbonyl (C=O) groups is 1. The lowest BCUT2D eigenvalue weighted by atomic mass is 10.0. The van der Waals surface area contributed by atoms with Gasteiger partial charge in [0, 0.05) is 6.54 Å². The summed E-state index contributed by atoms with van der Waals surface area (Å²) in [7, 11) is 0. The molecular weight excluding hydrogens is 242 g/mol. The van der Waals surface area contributed by atoms with Crippen LogP contribution in [-0.4, -0.2) is 25.1 Å². The molecule has 0 saturated heterocycles. The Labute approximate surface area is 113 Å². The lowest BCUT2D eigenvalue weighted by Crippen LogP contribution is -2.46. The van der Waals surface area contributed by atoms with Gasteiger partial charge in [-0.2, -0.15) is 0 Å². The third-order valence-corrected chi connectivity index (χ3v) is 3.37. The predicted molar refractivity (Wildman–Crippen MR) is 75.0 cm³/mol. The zero-order chi connectivity index (χ0) is 14.0. The van der Waals surface area contributed by atoms with E-state index in [1.807, 2.05) is 23.1 Å². The van der Waals surface area contributed by atoms with Crippen LogP contribution in [0.25, 0.3) is 0 Å². The number of carbonyl (C=O) groups excluding carboxylic acids is 1. The zero-order valence-electron chi connectivity index (χ0n) is 11.4. The maximum Gasteiger partial charge on any atom is 0.236 e. The molecule has 0 saturated carbocycles. The van der Waals surface area contributed by atoms with Crippen molar-refractivity contribution in [1.29, 1.82) is 0 Å². The average Bonchev–Trinajstić information content (AvgIpc) is 2.37. The Morgan fingerprint density at radius 3 is 2.84 bits per heavy atom. The quantitative estimate of drug-likeness (QED) is 0.844. The lowest BCUT2D eigenvalue weighted by molar-refractivity contribution is -0.116. The van der Waals surface area contributed by atoms with E-state index in [2.05, 4.69) is 13.8 Å². The Balaban J connectivity index is 2.34. The summed E-state index contributed by atoms with van der Waals surface area (Å²) in [6.07, 6.45) is 0.0554. The van der Waals surface area contributed by atoms with Crippen molar-refractivity contribution in [3.8, 4) is 5.75 Å². The molecule has 1 atom stereocenters. The molecule has 104 valence electrons. The maximum atomic E-state index is 11.2. The van der Waals surface area contributed by atoms with Crippen LogP contribution in [0, 0.1) is 5.92 Å². The Morgan fingerprint density at radius 2 is 2.26 bits per heavy atom. The number of primary amides is 1. The second-order valence-corrected chi connectivity index (χ2v) is 5.25. The summed E-state index contributed by atoms with van der Waals surface area (Å²) < 4.78 is 6.00. The Kier molecular flexibility index (Phi) is 3.95. The maximum absolute atomic E-state index is 11.2. The molecule has 0 aromatic heterocycles. The number of ether oxygens (including phenoxy) is 1. The Morgan fingerprint density at radius 1 is 1.53 bits per heavy atom. The van der Waals surface area contributed by atoms with Crippen LogP contribution in [0.15, 0.2) is 18.2 Å². The number of nitrogens with two attached hydrogens (primary N) is 2. The molecule has 1 unspecified atom stereocenters. The first-order valence-electron chi connectivity index (χ1n) is 6.54. The van der Waals surface area contributed by atoms with Gasteiger partial charge in [0.15, 0.2) is 0 Å². The summed E-state index contributed by atoms with van der Waals surface area (Å²) in [5.74, 6) is 0.817. The van der Waals surface area contributed by atoms with E-state index in [4.69, 9.17) is 16.2 Å². The Hall–Kier alpha value is -1.75. The summed E-state index contributed by atoms with van der Waals surface area (Å²) in [5.41, 5.74) is 12.9. The molecule has 0 aliphatic carbocycles. The molecule has 1 amide bonds. The fourth-order valence-electron chi connectivity index (χ4n) is 2.24. The first-order valence-corrected chi connectivity index (χ1v) is 6.54. The molecule has 0 fully saturated rings. The molecule has 1 aromatic carbocycles. The van der Waals surface area contributed by atoms with E-state index in [0.29, 0.717) is 19.0 Å². The number of fused-ring (bicyclic) bond motifs is 1. The SMILES string of the molecule is CC(C)C1CN(CC(N)=O)c2ccc(CN)cc2O1. The minimum absolute atomic E-state index is 0.0554. The van der Waals surface area contributed by atoms with E-state index in [9.17, 15) is 4.79 Å². The van der Waals surface area contributed by atoms with Crippen LogP contribution in [-0.2, 0) is 11.3 Å². The van der Waals surface area contributed by atoms with Crippen molar-refractivity contribution in [2.75, 3.05) is 18.0 Å². The first-order chi connectivity index (χ1) is 9.01. The number of rotatable bonds is 4. The van der Waals surface area contributed by atoms with Crippen LogP contribution in [0.3, 0.4) is 0 Å². The van der Waals surface area contributed by atoms with E-state index in [0.717, 1.165) is 17.0 Å². The number of benzene rings is 1. The number of hydrogen-bond donors (Lipinski definition) is 2. The fourth-order valence-corrected chi connectivity index (χ4v) is 2.24.